The van der Waals surface area contributed by atoms with Gasteiger partial charge in [0.05, 0.1) is 12.0 Å². The lowest BCUT2D eigenvalue weighted by Crippen LogP contribution is -2.38. The first-order valence-corrected chi connectivity index (χ1v) is 7.51. The highest BCUT2D eigenvalue weighted by molar-refractivity contribution is 7.92. The predicted octanol–water partition coefficient (Wildman–Crippen LogP) is 1.08. The monoisotopic (exact) mass is 285 g/mol. The Balaban J connectivity index is 3.15. The Morgan fingerprint density at radius 3 is 2.16 bits per heavy atom. The summed E-state index contributed by atoms with van der Waals surface area (Å²) >= 11 is 0. The van der Waals surface area contributed by atoms with Crippen molar-refractivity contribution in [2.75, 3.05) is 13.7 Å². The molecule has 1 aromatic rings. The van der Waals surface area contributed by atoms with Crippen LogP contribution in [0.1, 0.15) is 25.3 Å². The van der Waals surface area contributed by atoms with Gasteiger partial charge in [0.25, 0.3) is 0 Å². The average Bonchev–Trinajstić information content (AvgIpc) is 2.39. The first kappa shape index (κ1) is 15.7. The molecular formula is C13H19NO4S. The number of nitrogens with two attached hydrogens (primary N) is 1. The molecule has 0 aliphatic carbocycles. The topological polar surface area (TPSA) is 86.5 Å². The molecular weight excluding hydrogens is 266 g/mol. The Hall–Kier alpha value is -1.40. The summed E-state index contributed by atoms with van der Waals surface area (Å²) in [5.41, 5.74) is 6.40. The molecule has 1 atom stereocenters. The predicted molar refractivity (Wildman–Crippen MR) is 72.6 cm³/mol. The number of carbonyl (C=O) groups excluding carboxylic acids is 1. The van der Waals surface area contributed by atoms with E-state index in [1.807, 2.05) is 13.8 Å². The highest BCUT2D eigenvalue weighted by Gasteiger charge is 2.33. The molecule has 106 valence electrons. The second kappa shape index (κ2) is 6.16. The van der Waals surface area contributed by atoms with Crippen molar-refractivity contribution in [1.82, 2.24) is 0 Å². The summed E-state index contributed by atoms with van der Waals surface area (Å²) in [6.07, 6.45) is 0. The van der Waals surface area contributed by atoms with Crippen molar-refractivity contribution < 1.29 is 17.9 Å². The van der Waals surface area contributed by atoms with E-state index < -0.39 is 21.1 Å². The van der Waals surface area contributed by atoms with Crippen molar-refractivity contribution in [2.45, 2.75) is 29.9 Å². The molecule has 0 saturated heterocycles. The molecule has 0 fully saturated rings. The van der Waals surface area contributed by atoms with E-state index in [4.69, 9.17) is 5.73 Å². The molecule has 0 amide bonds. The number of esters is 1. The summed E-state index contributed by atoms with van der Waals surface area (Å²) in [5, 5.41) is -1.36. The van der Waals surface area contributed by atoms with Gasteiger partial charge in [0.2, 0.25) is 0 Å². The Morgan fingerprint density at radius 1 is 1.26 bits per heavy atom. The maximum atomic E-state index is 12.3. The number of benzene rings is 1. The van der Waals surface area contributed by atoms with Crippen LogP contribution in [0.5, 0.6) is 0 Å². The molecule has 1 aromatic carbocycles. The van der Waals surface area contributed by atoms with Crippen LogP contribution in [0.15, 0.2) is 29.2 Å². The number of ether oxygens (including phenoxy) is 1. The van der Waals surface area contributed by atoms with Crippen LogP contribution in [0.3, 0.4) is 0 Å². The third kappa shape index (κ3) is 3.33. The molecule has 1 rings (SSSR count). The number of hydrogen-bond acceptors (Lipinski definition) is 5. The van der Waals surface area contributed by atoms with E-state index in [9.17, 15) is 13.2 Å². The van der Waals surface area contributed by atoms with Gasteiger partial charge in [-0.05, 0) is 23.6 Å². The zero-order chi connectivity index (χ0) is 14.6. The Kier molecular flexibility index (Phi) is 5.08. The number of hydrogen-bond donors (Lipinski definition) is 1. The third-order valence-electron chi connectivity index (χ3n) is 2.93. The Bertz CT molecular complexity index is 534. The number of carbonyl (C=O) groups is 1. The van der Waals surface area contributed by atoms with Crippen LogP contribution in [0, 0.1) is 0 Å². The lowest BCUT2D eigenvalue weighted by Gasteiger charge is -2.14. The minimum absolute atomic E-state index is 0.0813. The van der Waals surface area contributed by atoms with Crippen LogP contribution in [0.25, 0.3) is 0 Å². The van der Waals surface area contributed by atoms with E-state index in [1.54, 1.807) is 12.1 Å². The van der Waals surface area contributed by atoms with Crippen LogP contribution >= 0.6 is 0 Å². The molecule has 5 nitrogen and oxygen atoms in total. The zero-order valence-electron chi connectivity index (χ0n) is 11.3. The first-order chi connectivity index (χ1) is 8.84. The molecule has 19 heavy (non-hydrogen) atoms. The fourth-order valence-corrected chi connectivity index (χ4v) is 3.13. The van der Waals surface area contributed by atoms with Gasteiger partial charge in [0, 0.05) is 6.54 Å². The van der Waals surface area contributed by atoms with Gasteiger partial charge in [-0.3, -0.25) is 4.79 Å². The summed E-state index contributed by atoms with van der Waals surface area (Å²) in [6.45, 7) is 3.72. The van der Waals surface area contributed by atoms with Crippen LogP contribution in [0.4, 0.5) is 0 Å². The van der Waals surface area contributed by atoms with Crippen LogP contribution in [-0.4, -0.2) is 33.3 Å². The van der Waals surface area contributed by atoms with E-state index in [0.717, 1.165) is 12.7 Å². The van der Waals surface area contributed by atoms with E-state index >= 15 is 0 Å². The number of methoxy groups -OCH3 is 1. The number of sulfone groups is 1. The second-order valence-corrected chi connectivity index (χ2v) is 6.65. The molecule has 0 bridgehead atoms. The molecule has 0 aromatic heterocycles. The molecule has 0 aliphatic heterocycles. The molecule has 2 N–H and O–H groups in total. The van der Waals surface area contributed by atoms with Gasteiger partial charge >= 0.3 is 5.97 Å². The Morgan fingerprint density at radius 2 is 1.79 bits per heavy atom. The smallest absolute Gasteiger partial charge is 0.325 e. The minimum Gasteiger partial charge on any atom is -0.468 e. The standard InChI is InChI=1S/C13H19NO4S/c1-9(2)10-4-6-11(7-5-10)19(16,17)12(8-14)13(15)18-3/h4-7,9,12H,8,14H2,1-3H3. The van der Waals surface area contributed by atoms with Crippen LogP contribution in [0.2, 0.25) is 0 Å². The van der Waals surface area contributed by atoms with Crippen molar-refractivity contribution in [3.05, 3.63) is 29.8 Å². The maximum Gasteiger partial charge on any atom is 0.325 e. The number of rotatable bonds is 5. The largest absolute Gasteiger partial charge is 0.468 e. The molecule has 1 unspecified atom stereocenters. The zero-order valence-corrected chi connectivity index (χ0v) is 12.1. The molecule has 0 spiro atoms. The van der Waals surface area contributed by atoms with Gasteiger partial charge in [0.15, 0.2) is 15.1 Å². The molecule has 0 radical (unpaired) electrons. The van der Waals surface area contributed by atoms with Gasteiger partial charge in [-0.15, -0.1) is 0 Å². The maximum absolute atomic E-state index is 12.3. The van der Waals surface area contributed by atoms with E-state index in [2.05, 4.69) is 4.74 Å². The minimum atomic E-state index is -3.80. The first-order valence-electron chi connectivity index (χ1n) is 5.96. The summed E-state index contributed by atoms with van der Waals surface area (Å²) in [5.74, 6) is -0.530. The van der Waals surface area contributed by atoms with E-state index in [0.29, 0.717) is 5.92 Å². The fourth-order valence-electron chi connectivity index (χ4n) is 1.69. The van der Waals surface area contributed by atoms with Crippen molar-refractivity contribution in [2.24, 2.45) is 5.73 Å². The third-order valence-corrected chi connectivity index (χ3v) is 4.99. The SMILES string of the molecule is COC(=O)C(CN)S(=O)(=O)c1ccc(C(C)C)cc1. The van der Waals surface area contributed by atoms with Crippen LogP contribution < -0.4 is 5.73 Å². The summed E-state index contributed by atoms with van der Waals surface area (Å²) < 4.78 is 29.0. The van der Waals surface area contributed by atoms with Gasteiger partial charge in [-0.1, -0.05) is 26.0 Å². The molecule has 0 heterocycles. The van der Waals surface area contributed by atoms with Crippen LogP contribution in [-0.2, 0) is 19.4 Å². The molecule has 6 heteroatoms. The van der Waals surface area contributed by atoms with Crippen molar-refractivity contribution in [1.29, 1.82) is 0 Å². The van der Waals surface area contributed by atoms with Gasteiger partial charge < -0.3 is 10.5 Å². The quantitative estimate of drug-likeness (QED) is 0.818. The van der Waals surface area contributed by atoms with Crippen molar-refractivity contribution in [3.8, 4) is 0 Å². The lowest BCUT2D eigenvalue weighted by atomic mass is 10.0. The van der Waals surface area contributed by atoms with Crippen molar-refractivity contribution >= 4 is 15.8 Å². The fraction of sp³-hybridized carbons (Fsp3) is 0.462. The highest BCUT2D eigenvalue weighted by atomic mass is 32.2. The van der Waals surface area contributed by atoms with Crippen molar-refractivity contribution in [3.63, 3.8) is 0 Å². The molecule has 0 saturated carbocycles. The molecule has 0 aliphatic rings. The Labute approximate surface area is 113 Å². The summed E-state index contributed by atoms with van der Waals surface area (Å²) in [6, 6.07) is 6.47. The normalized spacial score (nSPS) is 13.3. The highest BCUT2D eigenvalue weighted by Crippen LogP contribution is 2.20. The lowest BCUT2D eigenvalue weighted by molar-refractivity contribution is -0.139. The van der Waals surface area contributed by atoms with E-state index in [-0.39, 0.29) is 11.4 Å². The van der Waals surface area contributed by atoms with E-state index in [1.165, 1.54) is 12.1 Å². The van der Waals surface area contributed by atoms with Gasteiger partial charge in [-0.25, -0.2) is 8.42 Å². The average molecular weight is 285 g/mol. The summed E-state index contributed by atoms with van der Waals surface area (Å²) in [7, 11) is -2.66. The summed E-state index contributed by atoms with van der Waals surface area (Å²) in [4.78, 5) is 11.5. The second-order valence-electron chi connectivity index (χ2n) is 4.52. The van der Waals surface area contributed by atoms with Gasteiger partial charge in [-0.2, -0.15) is 0 Å². The van der Waals surface area contributed by atoms with Gasteiger partial charge in [0.1, 0.15) is 0 Å².